The lowest BCUT2D eigenvalue weighted by Crippen LogP contribution is -2.64. The zero-order chi connectivity index (χ0) is 24.8. The second kappa shape index (κ2) is 11.0. The Morgan fingerprint density at radius 3 is 2.40 bits per heavy atom. The molecule has 3 fully saturated rings. The standard InChI is InChI=1S/C22H23N3O2.C4H4O4/c26-22(20-13-17-5-1-2-6-19(17)27-20)24-21-16-7-10-25(11-8-16)18(21)12-15-4-3-9-23-14-15;5-3(6)1-2-4(7)8/h1-6,9,13-14,16,18,21H,7-8,10-12H2,(H,24,26);1-2H,(H,5,6)(H,7,8)/b;2-1-/t18-,21+;/m0./s1. The third-order valence-corrected chi connectivity index (χ3v) is 6.45. The first-order valence-corrected chi connectivity index (χ1v) is 11.5. The van der Waals surface area contributed by atoms with Crippen molar-refractivity contribution in [2.75, 3.05) is 13.1 Å². The molecule has 9 heteroatoms. The first-order chi connectivity index (χ1) is 16.9. The molecule has 0 saturated carbocycles. The van der Waals surface area contributed by atoms with Gasteiger partial charge in [-0.1, -0.05) is 24.3 Å². The summed E-state index contributed by atoms with van der Waals surface area (Å²) in [5, 5.41) is 19.9. The van der Waals surface area contributed by atoms with Crippen LogP contribution in [0.3, 0.4) is 0 Å². The molecule has 0 spiro atoms. The fourth-order valence-corrected chi connectivity index (χ4v) is 4.84. The summed E-state index contributed by atoms with van der Waals surface area (Å²) < 4.78 is 5.77. The number of carbonyl (C=O) groups is 3. The summed E-state index contributed by atoms with van der Waals surface area (Å²) in [6, 6.07) is 14.1. The molecular weight excluding hydrogens is 450 g/mol. The zero-order valence-electron chi connectivity index (χ0n) is 19.0. The van der Waals surface area contributed by atoms with Crippen molar-refractivity contribution < 1.29 is 29.0 Å². The van der Waals surface area contributed by atoms with Gasteiger partial charge in [-0.2, -0.15) is 0 Å². The van der Waals surface area contributed by atoms with Crippen LogP contribution in [0.15, 0.2) is 71.4 Å². The van der Waals surface area contributed by atoms with E-state index in [0.29, 0.717) is 29.9 Å². The summed E-state index contributed by atoms with van der Waals surface area (Å²) in [5.41, 5.74) is 1.97. The highest BCUT2D eigenvalue weighted by atomic mass is 16.4. The van der Waals surface area contributed by atoms with E-state index in [9.17, 15) is 14.4 Å². The lowest BCUT2D eigenvalue weighted by atomic mass is 9.76. The number of nitrogens with one attached hydrogen (secondary N) is 1. The number of amides is 1. The van der Waals surface area contributed by atoms with Crippen LogP contribution in [-0.4, -0.2) is 63.1 Å². The molecule has 2 bridgehead atoms. The third-order valence-electron chi connectivity index (χ3n) is 6.45. The second-order valence-electron chi connectivity index (χ2n) is 8.66. The molecule has 1 amide bonds. The first-order valence-electron chi connectivity index (χ1n) is 11.5. The SMILES string of the molecule is O=C(N[C@@H]1C2CCN(CC2)[C@H]1Cc1cccnc1)c1cc2ccccc2o1.O=C(O)/C=C\C(=O)O. The highest BCUT2D eigenvalue weighted by Gasteiger charge is 2.43. The first kappa shape index (κ1) is 24.2. The second-order valence-corrected chi connectivity index (χ2v) is 8.66. The van der Waals surface area contributed by atoms with Crippen LogP contribution in [0, 0.1) is 5.92 Å². The number of para-hydroxylation sites is 1. The third kappa shape index (κ3) is 6.13. The van der Waals surface area contributed by atoms with Crippen LogP contribution < -0.4 is 5.32 Å². The number of aromatic nitrogens is 1. The lowest BCUT2D eigenvalue weighted by molar-refractivity contribution is -0.134. The minimum absolute atomic E-state index is 0.110. The summed E-state index contributed by atoms with van der Waals surface area (Å²) >= 11 is 0. The highest BCUT2D eigenvalue weighted by molar-refractivity contribution is 5.96. The quantitative estimate of drug-likeness (QED) is 0.462. The summed E-state index contributed by atoms with van der Waals surface area (Å²) in [6.07, 6.45) is 8.06. The average Bonchev–Trinajstić information content (AvgIpc) is 3.30. The number of pyridine rings is 1. The van der Waals surface area contributed by atoms with Crippen molar-refractivity contribution in [3.05, 3.63) is 78.3 Å². The highest BCUT2D eigenvalue weighted by Crippen LogP contribution is 2.34. The molecule has 3 aliphatic heterocycles. The fourth-order valence-electron chi connectivity index (χ4n) is 4.84. The number of nitrogens with zero attached hydrogens (tertiary/aromatic N) is 2. The summed E-state index contributed by atoms with van der Waals surface area (Å²) in [6.45, 7) is 2.24. The molecule has 2 atom stereocenters. The van der Waals surface area contributed by atoms with Crippen LogP contribution in [0.5, 0.6) is 0 Å². The van der Waals surface area contributed by atoms with Gasteiger partial charge >= 0.3 is 11.9 Å². The molecule has 0 aliphatic carbocycles. The number of carboxylic acid groups (broad SMARTS) is 2. The van der Waals surface area contributed by atoms with Gasteiger partial charge in [0.1, 0.15) is 5.58 Å². The number of benzene rings is 1. The largest absolute Gasteiger partial charge is 0.478 e. The summed E-state index contributed by atoms with van der Waals surface area (Å²) in [7, 11) is 0. The molecule has 0 unspecified atom stereocenters. The maximum Gasteiger partial charge on any atom is 0.328 e. The molecule has 2 aromatic heterocycles. The van der Waals surface area contributed by atoms with Gasteiger partial charge in [-0.25, -0.2) is 9.59 Å². The number of carbonyl (C=O) groups excluding carboxylic acids is 1. The van der Waals surface area contributed by atoms with E-state index in [1.54, 1.807) is 6.20 Å². The Morgan fingerprint density at radius 2 is 1.77 bits per heavy atom. The molecular formula is C26H27N3O6. The van der Waals surface area contributed by atoms with E-state index in [0.717, 1.165) is 43.3 Å². The topological polar surface area (TPSA) is 133 Å². The van der Waals surface area contributed by atoms with Gasteiger partial charge in [0.25, 0.3) is 5.91 Å². The van der Waals surface area contributed by atoms with E-state index >= 15 is 0 Å². The Balaban J connectivity index is 0.000000314. The van der Waals surface area contributed by atoms with E-state index < -0.39 is 11.9 Å². The van der Waals surface area contributed by atoms with Crippen molar-refractivity contribution in [2.24, 2.45) is 5.92 Å². The van der Waals surface area contributed by atoms with Crippen molar-refractivity contribution in [1.29, 1.82) is 0 Å². The van der Waals surface area contributed by atoms with Crippen molar-refractivity contribution in [1.82, 2.24) is 15.2 Å². The monoisotopic (exact) mass is 477 g/mol. The summed E-state index contributed by atoms with van der Waals surface area (Å²) in [5.74, 6) is -1.70. The minimum atomic E-state index is -1.26. The number of carboxylic acids is 2. The molecule has 9 nitrogen and oxygen atoms in total. The Kier molecular flexibility index (Phi) is 7.57. The molecule has 3 N–H and O–H groups in total. The van der Waals surface area contributed by atoms with Gasteiger partial charge in [0.2, 0.25) is 0 Å². The predicted molar refractivity (Wildman–Crippen MR) is 128 cm³/mol. The van der Waals surface area contributed by atoms with Crippen LogP contribution in [0.4, 0.5) is 0 Å². The average molecular weight is 478 g/mol. The normalized spacial score (nSPS) is 23.0. The predicted octanol–water partition coefficient (Wildman–Crippen LogP) is 2.97. The van der Waals surface area contributed by atoms with Crippen molar-refractivity contribution >= 4 is 28.8 Å². The molecule has 1 aromatic carbocycles. The summed E-state index contributed by atoms with van der Waals surface area (Å²) in [4.78, 5) is 38.8. The van der Waals surface area contributed by atoms with E-state index in [-0.39, 0.29) is 11.9 Å². The van der Waals surface area contributed by atoms with Gasteiger partial charge in [-0.05, 0) is 62.0 Å². The van der Waals surface area contributed by atoms with Gasteiger partial charge in [0.15, 0.2) is 5.76 Å². The van der Waals surface area contributed by atoms with Crippen LogP contribution in [0.1, 0.15) is 29.0 Å². The smallest absolute Gasteiger partial charge is 0.328 e. The van der Waals surface area contributed by atoms with E-state index in [1.807, 2.05) is 42.6 Å². The van der Waals surface area contributed by atoms with E-state index in [4.69, 9.17) is 14.6 Å². The van der Waals surface area contributed by atoms with Crippen molar-refractivity contribution in [3.63, 3.8) is 0 Å². The molecule has 182 valence electrons. The number of hydrogen-bond donors (Lipinski definition) is 3. The van der Waals surface area contributed by atoms with Crippen LogP contribution in [-0.2, 0) is 16.0 Å². The maximum atomic E-state index is 12.9. The Hall–Kier alpha value is -3.98. The number of rotatable bonds is 6. The number of furan rings is 1. The lowest BCUT2D eigenvalue weighted by Gasteiger charge is -2.51. The van der Waals surface area contributed by atoms with Gasteiger partial charge in [0.05, 0.1) is 0 Å². The van der Waals surface area contributed by atoms with Gasteiger partial charge in [-0.3, -0.25) is 14.7 Å². The molecule has 35 heavy (non-hydrogen) atoms. The number of hydrogen-bond acceptors (Lipinski definition) is 6. The van der Waals surface area contributed by atoms with E-state index in [2.05, 4.69) is 21.3 Å². The number of fused-ring (bicyclic) bond motifs is 4. The molecule has 0 radical (unpaired) electrons. The van der Waals surface area contributed by atoms with Gasteiger partial charge in [-0.15, -0.1) is 0 Å². The van der Waals surface area contributed by atoms with Crippen molar-refractivity contribution in [2.45, 2.75) is 31.3 Å². The maximum absolute atomic E-state index is 12.9. The molecule has 3 aliphatic rings. The minimum Gasteiger partial charge on any atom is -0.478 e. The molecule has 3 aromatic rings. The number of piperidine rings is 3. The Labute approximate surface area is 202 Å². The van der Waals surface area contributed by atoms with Crippen LogP contribution >= 0.6 is 0 Å². The molecule has 5 heterocycles. The van der Waals surface area contributed by atoms with Crippen molar-refractivity contribution in [3.8, 4) is 0 Å². The van der Waals surface area contributed by atoms with E-state index in [1.165, 1.54) is 5.56 Å². The zero-order valence-corrected chi connectivity index (χ0v) is 19.0. The molecule has 6 rings (SSSR count). The fraction of sp³-hybridized carbons (Fsp3) is 0.308. The van der Waals surface area contributed by atoms with Gasteiger partial charge < -0.3 is 19.9 Å². The van der Waals surface area contributed by atoms with Crippen LogP contribution in [0.2, 0.25) is 0 Å². The Bertz CT molecular complexity index is 1170. The van der Waals surface area contributed by atoms with Gasteiger partial charge in [0, 0.05) is 42.0 Å². The Morgan fingerprint density at radius 1 is 1.06 bits per heavy atom. The molecule has 3 saturated heterocycles. The number of aliphatic carboxylic acids is 2. The van der Waals surface area contributed by atoms with Crippen LogP contribution in [0.25, 0.3) is 11.0 Å².